The number of anilines is 1. The molecule has 0 aliphatic carbocycles. The van der Waals surface area contributed by atoms with Crippen LogP contribution in [0.2, 0.25) is 0 Å². The van der Waals surface area contributed by atoms with Crippen LogP contribution in [0, 0.1) is 29.4 Å². The van der Waals surface area contributed by atoms with Crippen LogP contribution in [0.4, 0.5) is 14.5 Å². The van der Waals surface area contributed by atoms with E-state index in [4.69, 9.17) is 5.73 Å². The third-order valence-corrected chi connectivity index (χ3v) is 11.1. The Kier molecular flexibility index (Phi) is 16.5. The Morgan fingerprint density at radius 3 is 2.16 bits per heavy atom. The minimum absolute atomic E-state index is 0.0313. The standard InChI is InChI=1S/C35H48F2N4O6S2/c1-6-26(7-2)27(8-3)12-11-14-33(40-48(44,45)34-20-15-28(36)22-32(34)37)35(43)39-21-10-9-13-30(24-42)41(23-25(4)5)49(46,47)31-18-16-29(38)17-19-31/h6-8,11-12,15-20,22,25-27,30,33,40,42H,1-3,9-10,13-14,21,23-24,38H2,4-5H3,(H,39,43)/t27?,30-,33-/m0/s1. The largest absolute Gasteiger partial charge is 0.399 e. The zero-order valence-electron chi connectivity index (χ0n) is 28.0. The van der Waals surface area contributed by atoms with Gasteiger partial charge in [-0.2, -0.15) is 9.03 Å². The molecule has 5 N–H and O–H groups in total. The summed E-state index contributed by atoms with van der Waals surface area (Å²) in [6.07, 6.45) is 9.28. The fourth-order valence-electron chi connectivity index (χ4n) is 5.04. The smallest absolute Gasteiger partial charge is 0.244 e. The van der Waals surface area contributed by atoms with Crippen LogP contribution in [0.1, 0.15) is 39.5 Å². The minimum Gasteiger partial charge on any atom is -0.399 e. The third-order valence-electron chi connectivity index (χ3n) is 7.70. The molecule has 14 heteroatoms. The fourth-order valence-corrected chi connectivity index (χ4v) is 8.12. The lowest BCUT2D eigenvalue weighted by molar-refractivity contribution is -0.122. The van der Waals surface area contributed by atoms with E-state index >= 15 is 0 Å². The van der Waals surface area contributed by atoms with Crippen LogP contribution in [0.15, 0.2) is 102 Å². The first kappa shape index (κ1) is 41.5. The molecule has 0 spiro atoms. The van der Waals surface area contributed by atoms with Crippen LogP contribution in [0.25, 0.3) is 0 Å². The molecule has 0 aromatic heterocycles. The zero-order valence-corrected chi connectivity index (χ0v) is 29.6. The molecule has 0 heterocycles. The van der Waals surface area contributed by atoms with Crippen molar-refractivity contribution in [2.24, 2.45) is 17.8 Å². The number of rotatable bonds is 22. The number of amides is 1. The second-order valence-corrected chi connectivity index (χ2v) is 15.5. The number of aliphatic hydroxyl groups is 1. The molecule has 3 atom stereocenters. The van der Waals surface area contributed by atoms with E-state index in [0.29, 0.717) is 24.6 Å². The monoisotopic (exact) mass is 722 g/mol. The van der Waals surface area contributed by atoms with Gasteiger partial charge in [0.25, 0.3) is 0 Å². The van der Waals surface area contributed by atoms with Crippen LogP contribution in [-0.4, -0.2) is 63.9 Å². The average molecular weight is 723 g/mol. The maximum Gasteiger partial charge on any atom is 0.244 e. The van der Waals surface area contributed by atoms with E-state index in [2.05, 4.69) is 29.8 Å². The number of benzene rings is 2. The van der Waals surface area contributed by atoms with Gasteiger partial charge in [0, 0.05) is 42.7 Å². The van der Waals surface area contributed by atoms with Gasteiger partial charge in [-0.05, 0) is 61.6 Å². The van der Waals surface area contributed by atoms with Gasteiger partial charge in [-0.1, -0.05) is 50.6 Å². The van der Waals surface area contributed by atoms with Crippen molar-refractivity contribution in [2.75, 3.05) is 25.4 Å². The number of halogens is 2. The fraction of sp³-hybridized carbons (Fsp3) is 0.400. The number of nitrogen functional groups attached to an aromatic ring is 1. The predicted molar refractivity (Wildman–Crippen MR) is 189 cm³/mol. The van der Waals surface area contributed by atoms with E-state index in [9.17, 15) is 35.5 Å². The number of allylic oxidation sites excluding steroid dienone is 4. The van der Waals surface area contributed by atoms with Crippen LogP contribution < -0.4 is 15.8 Å². The summed E-state index contributed by atoms with van der Waals surface area (Å²) < 4.78 is 84.5. The van der Waals surface area contributed by atoms with E-state index in [1.165, 1.54) is 28.6 Å². The van der Waals surface area contributed by atoms with Gasteiger partial charge in [-0.25, -0.2) is 25.6 Å². The quantitative estimate of drug-likeness (QED) is 0.0763. The summed E-state index contributed by atoms with van der Waals surface area (Å²) in [5.41, 5.74) is 6.14. The maximum absolute atomic E-state index is 14.4. The van der Waals surface area contributed by atoms with Crippen molar-refractivity contribution in [1.29, 1.82) is 0 Å². The molecule has 0 fully saturated rings. The van der Waals surface area contributed by atoms with E-state index in [0.717, 1.165) is 12.1 Å². The van der Waals surface area contributed by atoms with Crippen molar-refractivity contribution in [3.05, 3.63) is 104 Å². The molecular weight excluding hydrogens is 675 g/mol. The second kappa shape index (κ2) is 19.5. The van der Waals surface area contributed by atoms with E-state index < -0.39 is 61.2 Å². The molecule has 10 nitrogen and oxygen atoms in total. The van der Waals surface area contributed by atoms with Crippen LogP contribution in [0.5, 0.6) is 0 Å². The van der Waals surface area contributed by atoms with Gasteiger partial charge in [0.05, 0.1) is 11.5 Å². The SMILES string of the molecule is C=CC(C=C)C(C=C)C=CC[C@H](NS(=O)(=O)c1ccc(F)cc1F)C(=O)NCCCC[C@@H](CO)N(CC(C)C)S(=O)(=O)c1ccc(N)cc1. The molecule has 270 valence electrons. The summed E-state index contributed by atoms with van der Waals surface area (Å²) in [5, 5.41) is 12.9. The number of hydrogen-bond donors (Lipinski definition) is 4. The number of nitrogens with zero attached hydrogens (tertiary/aromatic N) is 1. The number of nitrogens with two attached hydrogens (primary N) is 1. The number of carbonyl (C=O) groups is 1. The second-order valence-electron chi connectivity index (χ2n) is 11.9. The zero-order chi connectivity index (χ0) is 36.8. The Morgan fingerprint density at radius 1 is 0.980 bits per heavy atom. The van der Waals surface area contributed by atoms with E-state index in [1.807, 2.05) is 13.8 Å². The van der Waals surface area contributed by atoms with E-state index in [1.54, 1.807) is 30.4 Å². The number of hydrogen-bond acceptors (Lipinski definition) is 7. The molecule has 0 aliphatic rings. The van der Waals surface area contributed by atoms with Crippen molar-refractivity contribution in [3.8, 4) is 0 Å². The van der Waals surface area contributed by atoms with Gasteiger partial charge in [0.2, 0.25) is 26.0 Å². The molecule has 0 bridgehead atoms. The van der Waals surface area contributed by atoms with Crippen molar-refractivity contribution in [2.45, 2.75) is 61.4 Å². The highest BCUT2D eigenvalue weighted by Gasteiger charge is 2.32. The van der Waals surface area contributed by atoms with Gasteiger partial charge in [-0.15, -0.1) is 19.7 Å². The van der Waals surface area contributed by atoms with Crippen LogP contribution in [0.3, 0.4) is 0 Å². The molecule has 1 unspecified atom stereocenters. The van der Waals surface area contributed by atoms with Gasteiger partial charge in [-0.3, -0.25) is 4.79 Å². The maximum atomic E-state index is 14.4. The highest BCUT2D eigenvalue weighted by molar-refractivity contribution is 7.89. The molecule has 0 saturated heterocycles. The predicted octanol–water partition coefficient (Wildman–Crippen LogP) is 4.92. The lowest BCUT2D eigenvalue weighted by Crippen LogP contribution is -2.47. The molecule has 2 aromatic carbocycles. The third kappa shape index (κ3) is 12.3. The van der Waals surface area contributed by atoms with Gasteiger partial charge in [0.15, 0.2) is 0 Å². The lowest BCUT2D eigenvalue weighted by Gasteiger charge is -2.31. The van der Waals surface area contributed by atoms with Gasteiger partial charge < -0.3 is 16.2 Å². The average Bonchev–Trinajstić information content (AvgIpc) is 3.04. The molecular formula is C35H48F2N4O6S2. The normalized spacial score (nSPS) is 14.2. The van der Waals surface area contributed by atoms with Gasteiger partial charge >= 0.3 is 0 Å². The van der Waals surface area contributed by atoms with Crippen molar-refractivity contribution < 1.29 is 35.5 Å². The minimum atomic E-state index is -4.58. The number of aliphatic hydroxyl groups excluding tert-OH is 1. The highest BCUT2D eigenvalue weighted by atomic mass is 32.2. The Hall–Kier alpha value is -3.69. The lowest BCUT2D eigenvalue weighted by atomic mass is 9.91. The Labute approximate surface area is 289 Å². The first-order chi connectivity index (χ1) is 23.1. The molecule has 0 saturated carbocycles. The molecule has 49 heavy (non-hydrogen) atoms. The molecule has 0 radical (unpaired) electrons. The number of unbranched alkanes of at least 4 members (excludes halogenated alkanes) is 1. The summed E-state index contributed by atoms with van der Waals surface area (Å²) in [5.74, 6) is -3.38. The van der Waals surface area contributed by atoms with Crippen molar-refractivity contribution in [1.82, 2.24) is 14.3 Å². The number of nitrogens with one attached hydrogen (secondary N) is 2. The summed E-state index contributed by atoms with van der Waals surface area (Å²) in [4.78, 5) is 12.5. The first-order valence-electron chi connectivity index (χ1n) is 15.9. The summed E-state index contributed by atoms with van der Waals surface area (Å²) in [6, 6.07) is 5.74. The summed E-state index contributed by atoms with van der Waals surface area (Å²) in [7, 11) is -8.53. The molecule has 2 rings (SSSR count). The Morgan fingerprint density at radius 2 is 1.61 bits per heavy atom. The molecule has 0 aliphatic heterocycles. The Balaban J connectivity index is 2.16. The van der Waals surface area contributed by atoms with Crippen LogP contribution in [-0.2, 0) is 24.8 Å². The topological polar surface area (TPSA) is 159 Å². The summed E-state index contributed by atoms with van der Waals surface area (Å²) >= 11 is 0. The van der Waals surface area contributed by atoms with Crippen LogP contribution >= 0.6 is 0 Å². The highest BCUT2D eigenvalue weighted by Crippen LogP contribution is 2.24. The molecule has 1 amide bonds. The van der Waals surface area contributed by atoms with E-state index in [-0.39, 0.29) is 48.6 Å². The number of sulfonamides is 2. The Bertz CT molecular complexity index is 1660. The molecule has 2 aromatic rings. The first-order valence-corrected chi connectivity index (χ1v) is 18.8. The van der Waals surface area contributed by atoms with Gasteiger partial charge in [0.1, 0.15) is 22.6 Å². The van der Waals surface area contributed by atoms with Crippen molar-refractivity contribution in [3.63, 3.8) is 0 Å². The van der Waals surface area contributed by atoms with Crippen molar-refractivity contribution >= 4 is 31.6 Å². The number of carbonyl (C=O) groups excluding carboxylic acids is 1. The summed E-state index contributed by atoms with van der Waals surface area (Å²) in [6.45, 7) is 14.9.